The summed E-state index contributed by atoms with van der Waals surface area (Å²) in [6.45, 7) is 18.2. The summed E-state index contributed by atoms with van der Waals surface area (Å²) in [5.74, 6) is -0.459. The third-order valence-corrected chi connectivity index (χ3v) is 5.25. The van der Waals surface area contributed by atoms with Gasteiger partial charge in [0, 0.05) is 17.2 Å². The van der Waals surface area contributed by atoms with Crippen molar-refractivity contribution in [2.24, 2.45) is 15.8 Å². The minimum absolute atomic E-state index is 0.0208. The summed E-state index contributed by atoms with van der Waals surface area (Å²) in [7, 11) is 0. The van der Waals surface area contributed by atoms with Crippen LogP contribution in [0.3, 0.4) is 0 Å². The van der Waals surface area contributed by atoms with E-state index < -0.39 is 11.5 Å². The summed E-state index contributed by atoms with van der Waals surface area (Å²) in [6, 6.07) is -0.214. The van der Waals surface area contributed by atoms with Gasteiger partial charge in [0.05, 0.1) is 13.1 Å². The first-order valence-electron chi connectivity index (χ1n) is 10.1. The molecule has 7 heteroatoms. The molecule has 1 N–H and O–H groups in total. The predicted octanol–water partition coefficient (Wildman–Crippen LogP) is 3.84. The van der Waals surface area contributed by atoms with Crippen molar-refractivity contribution in [2.75, 3.05) is 19.7 Å². The highest BCUT2D eigenvalue weighted by atomic mass is 16.5. The number of isocyanates is 1. The van der Waals surface area contributed by atoms with Crippen LogP contribution < -0.4 is 5.32 Å². The van der Waals surface area contributed by atoms with E-state index in [9.17, 15) is 14.4 Å². The van der Waals surface area contributed by atoms with Gasteiger partial charge in [-0.3, -0.25) is 0 Å². The molecule has 7 nitrogen and oxygen atoms in total. The SMILES string of the molecule is C=C(C)C(=O)OCCN(C(=O)NC1CC(C)(C)CC(C)(CN=C=O)C1)C(C)(C)C. The second-order valence-electron chi connectivity index (χ2n) is 10.4. The van der Waals surface area contributed by atoms with Crippen molar-refractivity contribution in [1.29, 1.82) is 0 Å². The zero-order chi connectivity index (χ0) is 22.5. The van der Waals surface area contributed by atoms with Crippen molar-refractivity contribution in [3.05, 3.63) is 12.2 Å². The third kappa shape index (κ3) is 8.01. The molecule has 1 fully saturated rings. The maximum atomic E-state index is 13.1. The van der Waals surface area contributed by atoms with Gasteiger partial charge in [-0.25, -0.2) is 19.4 Å². The first kappa shape index (κ1) is 24.9. The van der Waals surface area contributed by atoms with E-state index in [-0.39, 0.29) is 36.1 Å². The number of hydrogen-bond donors (Lipinski definition) is 1. The van der Waals surface area contributed by atoms with Crippen molar-refractivity contribution >= 4 is 18.1 Å². The van der Waals surface area contributed by atoms with Crippen LogP contribution in [-0.4, -0.2) is 54.3 Å². The first-order valence-corrected chi connectivity index (χ1v) is 10.1. The van der Waals surface area contributed by atoms with E-state index in [1.165, 1.54) is 0 Å². The molecule has 0 aromatic rings. The normalized spacial score (nSPS) is 23.5. The standard InChI is InChI=1S/C22H37N3O4/c1-16(2)18(27)29-10-9-25(20(3,4)5)19(28)24-17-11-21(6,7)13-22(8,12-17)14-23-15-26/h17H,1,9-14H2,2-8H3,(H,24,28). The highest BCUT2D eigenvalue weighted by molar-refractivity contribution is 5.86. The minimum Gasteiger partial charge on any atom is -0.460 e. The van der Waals surface area contributed by atoms with Gasteiger partial charge in [0.2, 0.25) is 6.08 Å². The Morgan fingerprint density at radius 3 is 2.41 bits per heavy atom. The monoisotopic (exact) mass is 407 g/mol. The Bertz CT molecular complexity index is 674. The van der Waals surface area contributed by atoms with E-state index >= 15 is 0 Å². The summed E-state index contributed by atoms with van der Waals surface area (Å²) >= 11 is 0. The summed E-state index contributed by atoms with van der Waals surface area (Å²) in [4.78, 5) is 40.8. The second kappa shape index (κ2) is 9.57. The van der Waals surface area contributed by atoms with Crippen molar-refractivity contribution in [1.82, 2.24) is 10.2 Å². The number of carbonyl (C=O) groups excluding carboxylic acids is 3. The van der Waals surface area contributed by atoms with Crippen molar-refractivity contribution in [3.8, 4) is 0 Å². The zero-order valence-corrected chi connectivity index (χ0v) is 19.1. The van der Waals surface area contributed by atoms with Crippen molar-refractivity contribution in [3.63, 3.8) is 0 Å². The van der Waals surface area contributed by atoms with E-state index in [2.05, 4.69) is 37.7 Å². The molecule has 0 aromatic carbocycles. The molecule has 0 radical (unpaired) electrons. The molecule has 0 spiro atoms. The van der Waals surface area contributed by atoms with Gasteiger partial charge in [0.25, 0.3) is 0 Å². The minimum atomic E-state index is -0.459. The number of aliphatic imine (C=N–C) groups is 1. The Labute approximate surface area is 175 Å². The first-order chi connectivity index (χ1) is 13.2. The Morgan fingerprint density at radius 2 is 1.90 bits per heavy atom. The predicted molar refractivity (Wildman–Crippen MR) is 113 cm³/mol. The molecular weight excluding hydrogens is 370 g/mol. The maximum Gasteiger partial charge on any atom is 0.333 e. The second-order valence-corrected chi connectivity index (χ2v) is 10.4. The number of nitrogens with zero attached hydrogens (tertiary/aromatic N) is 2. The van der Waals surface area contributed by atoms with E-state index in [1.807, 2.05) is 20.8 Å². The van der Waals surface area contributed by atoms with E-state index in [1.54, 1.807) is 17.9 Å². The zero-order valence-electron chi connectivity index (χ0n) is 19.1. The van der Waals surface area contributed by atoms with Gasteiger partial charge in [-0.05, 0) is 57.8 Å². The van der Waals surface area contributed by atoms with Crippen LogP contribution >= 0.6 is 0 Å². The van der Waals surface area contributed by atoms with Gasteiger partial charge in [0.15, 0.2) is 0 Å². The average molecular weight is 408 g/mol. The largest absolute Gasteiger partial charge is 0.460 e. The Balaban J connectivity index is 2.85. The molecule has 0 aromatic heterocycles. The van der Waals surface area contributed by atoms with Crippen LogP contribution in [0.15, 0.2) is 17.1 Å². The lowest BCUT2D eigenvalue weighted by Crippen LogP contribution is -2.56. The Hall–Kier alpha value is -2.14. The van der Waals surface area contributed by atoms with Crippen LogP contribution in [0.2, 0.25) is 0 Å². The number of ether oxygens (including phenoxy) is 1. The fourth-order valence-corrected chi connectivity index (χ4v) is 4.43. The van der Waals surface area contributed by atoms with Crippen LogP contribution in [0, 0.1) is 10.8 Å². The highest BCUT2D eigenvalue weighted by Gasteiger charge is 2.42. The Morgan fingerprint density at radius 1 is 1.28 bits per heavy atom. The van der Waals surface area contributed by atoms with Gasteiger partial charge in [-0.15, -0.1) is 0 Å². The molecule has 1 saturated carbocycles. The molecule has 0 aliphatic heterocycles. The van der Waals surface area contributed by atoms with Gasteiger partial charge < -0.3 is 15.0 Å². The molecule has 1 aliphatic rings. The molecule has 0 bridgehead atoms. The summed E-state index contributed by atoms with van der Waals surface area (Å²) in [5.41, 5.74) is -0.249. The maximum absolute atomic E-state index is 13.1. The summed E-state index contributed by atoms with van der Waals surface area (Å²) in [5, 5.41) is 3.16. The summed E-state index contributed by atoms with van der Waals surface area (Å²) in [6.07, 6.45) is 4.16. The molecule has 2 unspecified atom stereocenters. The van der Waals surface area contributed by atoms with Crippen LogP contribution in [0.5, 0.6) is 0 Å². The smallest absolute Gasteiger partial charge is 0.333 e. The lowest BCUT2D eigenvalue weighted by molar-refractivity contribution is -0.139. The molecule has 1 rings (SSSR count). The number of esters is 1. The van der Waals surface area contributed by atoms with Crippen molar-refractivity contribution in [2.45, 2.75) is 79.3 Å². The molecule has 0 heterocycles. The number of urea groups is 1. The van der Waals surface area contributed by atoms with Crippen LogP contribution in [-0.2, 0) is 14.3 Å². The van der Waals surface area contributed by atoms with Gasteiger partial charge in [0.1, 0.15) is 6.61 Å². The van der Waals surface area contributed by atoms with Gasteiger partial charge >= 0.3 is 12.0 Å². The van der Waals surface area contributed by atoms with Crippen molar-refractivity contribution < 1.29 is 19.1 Å². The molecule has 1 aliphatic carbocycles. The van der Waals surface area contributed by atoms with E-state index in [0.717, 1.165) is 19.3 Å². The molecule has 164 valence electrons. The number of rotatable bonds is 7. The fourth-order valence-electron chi connectivity index (χ4n) is 4.43. The Kier molecular flexibility index (Phi) is 8.22. The number of hydrogen-bond acceptors (Lipinski definition) is 5. The third-order valence-electron chi connectivity index (χ3n) is 5.25. The highest BCUT2D eigenvalue weighted by Crippen LogP contribution is 2.46. The van der Waals surface area contributed by atoms with Gasteiger partial charge in [-0.1, -0.05) is 27.4 Å². The van der Waals surface area contributed by atoms with E-state index in [4.69, 9.17) is 4.74 Å². The van der Waals surface area contributed by atoms with E-state index in [0.29, 0.717) is 12.1 Å². The average Bonchev–Trinajstić information content (AvgIpc) is 2.53. The molecule has 0 saturated heterocycles. The van der Waals surface area contributed by atoms with Crippen LogP contribution in [0.4, 0.5) is 4.79 Å². The molecular formula is C22H37N3O4. The lowest BCUT2D eigenvalue weighted by Gasteiger charge is -2.47. The fraction of sp³-hybridized carbons (Fsp3) is 0.773. The topological polar surface area (TPSA) is 88.1 Å². The number of nitrogens with one attached hydrogen (secondary N) is 1. The van der Waals surface area contributed by atoms with Crippen LogP contribution in [0.25, 0.3) is 0 Å². The van der Waals surface area contributed by atoms with Gasteiger partial charge in [-0.2, -0.15) is 0 Å². The molecule has 2 amide bonds. The molecule has 2 atom stereocenters. The van der Waals surface area contributed by atoms with Crippen LogP contribution in [0.1, 0.15) is 67.7 Å². The summed E-state index contributed by atoms with van der Waals surface area (Å²) < 4.78 is 5.17. The lowest BCUT2D eigenvalue weighted by atomic mass is 9.62. The quantitative estimate of drug-likeness (QED) is 0.301. The number of carbonyl (C=O) groups is 2. The molecule has 29 heavy (non-hydrogen) atoms. The number of amides is 2.